The molecule has 166 valence electrons. The molecule has 3 heterocycles. The highest BCUT2D eigenvalue weighted by Gasteiger charge is 2.26. The number of ketones is 1. The van der Waals surface area contributed by atoms with Gasteiger partial charge in [0.1, 0.15) is 10.6 Å². The molecule has 0 saturated heterocycles. The second kappa shape index (κ2) is 8.37. The van der Waals surface area contributed by atoms with Gasteiger partial charge < -0.3 is 14.6 Å². The number of hydrogen-bond donors (Lipinski definition) is 1. The minimum absolute atomic E-state index is 0.0105. The van der Waals surface area contributed by atoms with Crippen LogP contribution in [0.2, 0.25) is 0 Å². The number of thioether (sulfide) groups is 1. The molecule has 1 aliphatic carbocycles. The molecule has 1 aliphatic heterocycles. The summed E-state index contributed by atoms with van der Waals surface area (Å²) in [6, 6.07) is 5.14. The number of aromatic nitrogens is 2. The van der Waals surface area contributed by atoms with E-state index in [0.717, 1.165) is 29.7 Å². The first-order valence-corrected chi connectivity index (χ1v) is 12.5. The number of rotatable bonds is 5. The van der Waals surface area contributed by atoms with E-state index in [1.807, 2.05) is 6.92 Å². The van der Waals surface area contributed by atoms with Gasteiger partial charge in [0, 0.05) is 17.0 Å². The normalized spacial score (nSPS) is 17.8. The zero-order valence-electron chi connectivity index (χ0n) is 17.9. The number of aryl methyl sites for hydroxylation is 1. The van der Waals surface area contributed by atoms with Crippen LogP contribution in [0.3, 0.4) is 0 Å². The third kappa shape index (κ3) is 3.73. The number of aromatic amines is 1. The van der Waals surface area contributed by atoms with Gasteiger partial charge in [-0.25, -0.2) is 4.98 Å². The van der Waals surface area contributed by atoms with Gasteiger partial charge in [-0.05, 0) is 55.9 Å². The summed E-state index contributed by atoms with van der Waals surface area (Å²) in [7, 11) is 0. The van der Waals surface area contributed by atoms with Crippen LogP contribution in [-0.2, 0) is 17.6 Å². The van der Waals surface area contributed by atoms with E-state index < -0.39 is 0 Å². The quantitative estimate of drug-likeness (QED) is 0.347. The lowest BCUT2D eigenvalue weighted by molar-refractivity contribution is -0.121. The van der Waals surface area contributed by atoms with Crippen LogP contribution >= 0.6 is 23.1 Å². The van der Waals surface area contributed by atoms with Crippen LogP contribution in [0.15, 0.2) is 28.2 Å². The Hall–Kier alpha value is -2.65. The first-order valence-electron chi connectivity index (χ1n) is 10.7. The summed E-state index contributed by atoms with van der Waals surface area (Å²) in [6.07, 6.45) is 3.01. The van der Waals surface area contributed by atoms with Crippen molar-refractivity contribution in [3.63, 3.8) is 0 Å². The number of amides is 1. The molecule has 0 radical (unpaired) electrons. The van der Waals surface area contributed by atoms with Gasteiger partial charge in [-0.15, -0.1) is 11.3 Å². The molecule has 3 aromatic rings. The summed E-state index contributed by atoms with van der Waals surface area (Å²) in [5.41, 5.74) is 2.14. The second-order valence-electron chi connectivity index (χ2n) is 8.22. The Morgan fingerprint density at radius 3 is 3.03 bits per heavy atom. The maximum absolute atomic E-state index is 12.8. The van der Waals surface area contributed by atoms with Crippen molar-refractivity contribution in [1.29, 1.82) is 0 Å². The fourth-order valence-corrected chi connectivity index (χ4v) is 6.53. The molecular formula is C23H23N3O4S2. The highest BCUT2D eigenvalue weighted by atomic mass is 32.2. The smallest absolute Gasteiger partial charge is 0.265 e. The summed E-state index contributed by atoms with van der Waals surface area (Å²) in [6.45, 7) is 4.64. The van der Waals surface area contributed by atoms with Crippen LogP contribution in [0.5, 0.6) is 5.75 Å². The average molecular weight is 470 g/mol. The minimum atomic E-state index is -0.125. The van der Waals surface area contributed by atoms with E-state index in [4.69, 9.17) is 4.74 Å². The summed E-state index contributed by atoms with van der Waals surface area (Å²) in [5.74, 6) is 1.14. The van der Waals surface area contributed by atoms with Crippen molar-refractivity contribution in [2.45, 2.75) is 38.3 Å². The van der Waals surface area contributed by atoms with Gasteiger partial charge in [0.2, 0.25) is 0 Å². The molecule has 0 saturated carbocycles. The first kappa shape index (κ1) is 21.2. The molecule has 1 N–H and O–H groups in total. The molecule has 9 heteroatoms. The number of thiophene rings is 1. The summed E-state index contributed by atoms with van der Waals surface area (Å²) in [5, 5.41) is 1.17. The molecule has 0 spiro atoms. The van der Waals surface area contributed by atoms with E-state index in [2.05, 4.69) is 16.9 Å². The van der Waals surface area contributed by atoms with Crippen molar-refractivity contribution < 1.29 is 14.3 Å². The number of ether oxygens (including phenoxy) is 1. The number of carbonyl (C=O) groups is 2. The van der Waals surface area contributed by atoms with Gasteiger partial charge in [-0.3, -0.25) is 14.4 Å². The molecule has 0 fully saturated rings. The predicted molar refractivity (Wildman–Crippen MR) is 126 cm³/mol. The van der Waals surface area contributed by atoms with E-state index in [9.17, 15) is 14.4 Å². The summed E-state index contributed by atoms with van der Waals surface area (Å²) in [4.78, 5) is 48.8. The Morgan fingerprint density at radius 1 is 1.38 bits per heavy atom. The van der Waals surface area contributed by atoms with Crippen LogP contribution in [-0.4, -0.2) is 40.6 Å². The molecule has 1 amide bonds. The molecule has 5 rings (SSSR count). The number of likely N-dealkylation sites (N-methyl/N-ethyl adjacent to an activating group) is 1. The number of fused-ring (bicyclic) bond motifs is 4. The fourth-order valence-electron chi connectivity index (χ4n) is 4.34. The SMILES string of the molecule is CCN1C(=O)COc2ccc(C(=O)CSc3nc4sc5c(c4c(=O)[nH]3)CCC(C)C5)cc21. The van der Waals surface area contributed by atoms with E-state index in [1.54, 1.807) is 34.4 Å². The number of H-pyrrole nitrogens is 1. The van der Waals surface area contributed by atoms with Gasteiger partial charge in [-0.2, -0.15) is 0 Å². The molecular weight excluding hydrogens is 446 g/mol. The number of Topliss-reactive ketones (excluding diaryl/α,β-unsaturated/α-hetero) is 1. The number of anilines is 1. The van der Waals surface area contributed by atoms with Crippen LogP contribution < -0.4 is 15.2 Å². The minimum Gasteiger partial charge on any atom is -0.482 e. The van der Waals surface area contributed by atoms with Crippen molar-refractivity contribution in [3.8, 4) is 5.75 Å². The molecule has 0 bridgehead atoms. The molecule has 1 unspecified atom stereocenters. The van der Waals surface area contributed by atoms with E-state index in [-0.39, 0.29) is 29.6 Å². The zero-order valence-corrected chi connectivity index (χ0v) is 19.5. The lowest BCUT2D eigenvalue weighted by Gasteiger charge is -2.28. The molecule has 2 aromatic heterocycles. The summed E-state index contributed by atoms with van der Waals surface area (Å²) >= 11 is 2.82. The lowest BCUT2D eigenvalue weighted by atomic mass is 9.89. The van der Waals surface area contributed by atoms with Crippen LogP contribution in [0.1, 0.15) is 41.1 Å². The van der Waals surface area contributed by atoms with Crippen molar-refractivity contribution >= 4 is 50.7 Å². The standard InChI is InChI=1S/C23H23N3O4S2/c1-3-26-15-9-13(5-7-17(15)30-10-19(26)28)16(27)11-31-23-24-21(29)20-14-6-4-12(2)8-18(14)32-22(20)25-23/h5,7,9,12H,3-4,6,8,10-11H2,1-2H3,(H,24,25,29). The third-order valence-corrected chi connectivity index (χ3v) is 8.05. The van der Waals surface area contributed by atoms with Gasteiger partial charge in [0.05, 0.1) is 16.8 Å². The number of hydrogen-bond acceptors (Lipinski definition) is 7. The molecule has 1 atom stereocenters. The average Bonchev–Trinajstić information content (AvgIpc) is 3.14. The van der Waals surface area contributed by atoms with E-state index in [1.165, 1.54) is 16.6 Å². The highest BCUT2D eigenvalue weighted by molar-refractivity contribution is 7.99. The first-order chi connectivity index (χ1) is 15.4. The summed E-state index contributed by atoms with van der Waals surface area (Å²) < 4.78 is 5.47. The maximum Gasteiger partial charge on any atom is 0.265 e. The van der Waals surface area contributed by atoms with E-state index >= 15 is 0 Å². The molecule has 7 nitrogen and oxygen atoms in total. The molecule has 32 heavy (non-hydrogen) atoms. The highest BCUT2D eigenvalue weighted by Crippen LogP contribution is 2.36. The van der Waals surface area contributed by atoms with Crippen LogP contribution in [0.4, 0.5) is 5.69 Å². The Morgan fingerprint density at radius 2 is 2.22 bits per heavy atom. The fraction of sp³-hybridized carbons (Fsp3) is 0.391. The van der Waals surface area contributed by atoms with Crippen molar-refractivity contribution in [2.24, 2.45) is 5.92 Å². The second-order valence-corrected chi connectivity index (χ2v) is 10.3. The van der Waals surface area contributed by atoms with Gasteiger partial charge in [-0.1, -0.05) is 18.7 Å². The Labute approximate surface area is 193 Å². The van der Waals surface area contributed by atoms with Gasteiger partial charge in [0.25, 0.3) is 11.5 Å². The molecule has 2 aliphatic rings. The van der Waals surface area contributed by atoms with Crippen molar-refractivity contribution in [1.82, 2.24) is 9.97 Å². The predicted octanol–water partition coefficient (Wildman–Crippen LogP) is 3.83. The van der Waals surface area contributed by atoms with E-state index in [0.29, 0.717) is 40.0 Å². The van der Waals surface area contributed by atoms with Crippen LogP contribution in [0.25, 0.3) is 10.2 Å². The third-order valence-electron chi connectivity index (χ3n) is 6.02. The number of benzene rings is 1. The Kier molecular flexibility index (Phi) is 5.54. The van der Waals surface area contributed by atoms with Gasteiger partial charge >= 0.3 is 0 Å². The number of nitrogens with zero attached hydrogens (tertiary/aromatic N) is 2. The number of nitrogens with one attached hydrogen (secondary N) is 1. The largest absolute Gasteiger partial charge is 0.482 e. The van der Waals surface area contributed by atoms with Crippen LogP contribution in [0, 0.1) is 5.92 Å². The maximum atomic E-state index is 12.8. The Balaban J connectivity index is 1.36. The topological polar surface area (TPSA) is 92.4 Å². The molecule has 1 aromatic carbocycles. The lowest BCUT2D eigenvalue weighted by Crippen LogP contribution is -2.38. The Bertz CT molecular complexity index is 1300. The number of carbonyl (C=O) groups excluding carboxylic acids is 2. The van der Waals surface area contributed by atoms with Crippen molar-refractivity contribution in [3.05, 3.63) is 44.6 Å². The van der Waals surface area contributed by atoms with Crippen molar-refractivity contribution in [2.75, 3.05) is 23.8 Å². The zero-order chi connectivity index (χ0) is 22.4. The van der Waals surface area contributed by atoms with Gasteiger partial charge in [0.15, 0.2) is 17.5 Å². The monoisotopic (exact) mass is 469 g/mol.